The van der Waals surface area contributed by atoms with Crippen LogP contribution in [-0.2, 0) is 14.8 Å². The number of carbonyl (C=O) groups is 2. The first-order valence-corrected chi connectivity index (χ1v) is 10.8. The molecule has 0 bridgehead atoms. The second-order valence-electron chi connectivity index (χ2n) is 6.57. The fraction of sp³-hybridized carbons (Fsp3) is 0.130. The minimum atomic E-state index is -3.88. The predicted octanol–water partition coefficient (Wildman–Crippen LogP) is 3.53. The van der Waals surface area contributed by atoms with E-state index in [0.29, 0.717) is 17.0 Å². The van der Waals surface area contributed by atoms with Crippen LogP contribution < -0.4 is 13.8 Å². The number of rotatable bonds is 7. The van der Waals surface area contributed by atoms with Gasteiger partial charge >= 0.3 is 11.9 Å². The van der Waals surface area contributed by atoms with E-state index < -0.39 is 22.0 Å². The van der Waals surface area contributed by atoms with Crippen LogP contribution in [-0.4, -0.2) is 41.6 Å². The van der Waals surface area contributed by atoms with Crippen LogP contribution in [0.25, 0.3) is 0 Å². The van der Waals surface area contributed by atoms with Gasteiger partial charge in [0.1, 0.15) is 11.5 Å². The third-order valence-electron chi connectivity index (χ3n) is 4.66. The van der Waals surface area contributed by atoms with Gasteiger partial charge in [-0.15, -0.1) is 0 Å². The molecule has 3 aromatic rings. The molecule has 0 fully saturated rings. The maximum Gasteiger partial charge on any atom is 0.343 e. The Balaban J connectivity index is 1.76. The molecule has 166 valence electrons. The van der Waals surface area contributed by atoms with E-state index in [0.717, 1.165) is 4.31 Å². The quantitative estimate of drug-likeness (QED) is 0.397. The van der Waals surface area contributed by atoms with Gasteiger partial charge < -0.3 is 14.2 Å². The molecule has 0 spiro atoms. The highest BCUT2D eigenvalue weighted by molar-refractivity contribution is 7.92. The van der Waals surface area contributed by atoms with Crippen molar-refractivity contribution < 1.29 is 32.2 Å². The van der Waals surface area contributed by atoms with Crippen LogP contribution in [0.3, 0.4) is 0 Å². The summed E-state index contributed by atoms with van der Waals surface area (Å²) in [6.45, 7) is 0. The number of carbonyl (C=O) groups excluding carboxylic acids is 2. The van der Waals surface area contributed by atoms with Gasteiger partial charge in [-0.25, -0.2) is 18.0 Å². The third-order valence-corrected chi connectivity index (χ3v) is 6.44. The number of hydrogen-bond acceptors (Lipinski definition) is 7. The highest BCUT2D eigenvalue weighted by atomic mass is 32.2. The van der Waals surface area contributed by atoms with Crippen LogP contribution in [0.15, 0.2) is 77.7 Å². The summed E-state index contributed by atoms with van der Waals surface area (Å²) in [6, 6.07) is 18.0. The fourth-order valence-corrected chi connectivity index (χ4v) is 4.09. The lowest BCUT2D eigenvalue weighted by molar-refractivity contribution is 0.0600. The lowest BCUT2D eigenvalue weighted by Crippen LogP contribution is -2.27. The molecule has 0 heterocycles. The van der Waals surface area contributed by atoms with Gasteiger partial charge in [0.15, 0.2) is 0 Å². The highest BCUT2D eigenvalue weighted by Crippen LogP contribution is 2.31. The van der Waals surface area contributed by atoms with E-state index >= 15 is 0 Å². The van der Waals surface area contributed by atoms with Crippen molar-refractivity contribution in [1.82, 2.24) is 0 Å². The monoisotopic (exact) mass is 455 g/mol. The minimum Gasteiger partial charge on any atom is -0.495 e. The molecule has 0 aliphatic heterocycles. The van der Waals surface area contributed by atoms with E-state index in [1.165, 1.54) is 69.8 Å². The second kappa shape index (κ2) is 9.52. The second-order valence-corrected chi connectivity index (χ2v) is 8.54. The number of sulfonamides is 1. The zero-order chi connectivity index (χ0) is 23.3. The van der Waals surface area contributed by atoms with Crippen LogP contribution in [0.5, 0.6) is 11.5 Å². The van der Waals surface area contributed by atoms with E-state index in [4.69, 9.17) is 9.47 Å². The van der Waals surface area contributed by atoms with Gasteiger partial charge in [0.05, 0.1) is 35.9 Å². The number of hydrogen-bond donors (Lipinski definition) is 0. The van der Waals surface area contributed by atoms with Gasteiger partial charge in [-0.05, 0) is 60.7 Å². The molecule has 0 N–H and O–H groups in total. The summed E-state index contributed by atoms with van der Waals surface area (Å²) >= 11 is 0. The molecular formula is C23H21NO7S. The Morgan fingerprint density at radius 2 is 1.34 bits per heavy atom. The Kier molecular flexibility index (Phi) is 6.79. The SMILES string of the molecule is COC(=O)c1ccc(OC(=O)c2ccc(S(=O)(=O)N(C)c3ccccc3OC)cc2)cc1. The number of ether oxygens (including phenoxy) is 3. The number of esters is 2. The van der Waals surface area contributed by atoms with E-state index in [-0.39, 0.29) is 16.2 Å². The largest absolute Gasteiger partial charge is 0.495 e. The standard InChI is InChI=1S/C23H21NO7S/c1-24(20-6-4-5-7-21(20)29-2)32(27,28)19-14-10-17(11-15-19)23(26)31-18-12-8-16(9-13-18)22(25)30-3/h4-15H,1-3H3. The average molecular weight is 455 g/mol. The first kappa shape index (κ1) is 22.8. The Morgan fingerprint density at radius 1 is 0.781 bits per heavy atom. The molecule has 8 nitrogen and oxygen atoms in total. The zero-order valence-electron chi connectivity index (χ0n) is 17.6. The van der Waals surface area contributed by atoms with E-state index in [9.17, 15) is 18.0 Å². The molecule has 0 aromatic heterocycles. The topological polar surface area (TPSA) is 99.2 Å². The number of benzene rings is 3. The summed E-state index contributed by atoms with van der Waals surface area (Å²) in [5.74, 6) is -0.525. The lowest BCUT2D eigenvalue weighted by atomic mass is 10.2. The van der Waals surface area contributed by atoms with Gasteiger partial charge in [0.2, 0.25) is 0 Å². The van der Waals surface area contributed by atoms with Crippen molar-refractivity contribution in [3.63, 3.8) is 0 Å². The number of nitrogens with zero attached hydrogens (tertiary/aromatic N) is 1. The van der Waals surface area contributed by atoms with E-state index in [1.807, 2.05) is 0 Å². The summed E-state index contributed by atoms with van der Waals surface area (Å²) in [6.07, 6.45) is 0. The zero-order valence-corrected chi connectivity index (χ0v) is 18.5. The van der Waals surface area contributed by atoms with Crippen LogP contribution in [0.2, 0.25) is 0 Å². The van der Waals surface area contributed by atoms with Crippen molar-refractivity contribution in [2.24, 2.45) is 0 Å². The maximum atomic E-state index is 13.0. The number of para-hydroxylation sites is 2. The van der Waals surface area contributed by atoms with Gasteiger partial charge in [-0.3, -0.25) is 4.31 Å². The Hall–Kier alpha value is -3.85. The number of anilines is 1. The lowest BCUT2D eigenvalue weighted by Gasteiger charge is -2.21. The molecule has 0 atom stereocenters. The molecule has 0 amide bonds. The molecule has 0 unspecified atom stereocenters. The van der Waals surface area contributed by atoms with Gasteiger partial charge in [-0.2, -0.15) is 0 Å². The summed E-state index contributed by atoms with van der Waals surface area (Å²) < 4.78 is 42.2. The summed E-state index contributed by atoms with van der Waals surface area (Å²) in [5.41, 5.74) is 0.871. The predicted molar refractivity (Wildman–Crippen MR) is 118 cm³/mol. The summed E-state index contributed by atoms with van der Waals surface area (Å²) in [4.78, 5) is 23.9. The van der Waals surface area contributed by atoms with Crippen LogP contribution >= 0.6 is 0 Å². The van der Waals surface area contributed by atoms with E-state index in [2.05, 4.69) is 4.74 Å². The summed E-state index contributed by atoms with van der Waals surface area (Å²) in [5, 5.41) is 0. The molecule has 32 heavy (non-hydrogen) atoms. The van der Waals surface area contributed by atoms with Crippen molar-refractivity contribution in [2.75, 3.05) is 25.6 Å². The van der Waals surface area contributed by atoms with Crippen molar-refractivity contribution in [3.05, 3.63) is 83.9 Å². The van der Waals surface area contributed by atoms with Gasteiger partial charge in [0.25, 0.3) is 10.0 Å². The van der Waals surface area contributed by atoms with Crippen molar-refractivity contribution in [3.8, 4) is 11.5 Å². The molecule has 3 rings (SSSR count). The molecule has 0 aliphatic rings. The van der Waals surface area contributed by atoms with Crippen molar-refractivity contribution in [2.45, 2.75) is 4.90 Å². The summed E-state index contributed by atoms with van der Waals surface area (Å²) in [7, 11) is 0.273. The molecular weight excluding hydrogens is 434 g/mol. The average Bonchev–Trinajstić information content (AvgIpc) is 2.83. The Bertz CT molecular complexity index is 1220. The van der Waals surface area contributed by atoms with Gasteiger partial charge in [-0.1, -0.05) is 12.1 Å². The number of methoxy groups -OCH3 is 2. The van der Waals surface area contributed by atoms with Crippen LogP contribution in [0, 0.1) is 0 Å². The Labute approximate surface area is 186 Å². The third kappa shape index (κ3) is 4.73. The smallest absolute Gasteiger partial charge is 0.343 e. The molecule has 3 aromatic carbocycles. The molecule has 0 saturated heterocycles. The molecule has 0 radical (unpaired) electrons. The van der Waals surface area contributed by atoms with Crippen molar-refractivity contribution >= 4 is 27.6 Å². The van der Waals surface area contributed by atoms with Crippen LogP contribution in [0.1, 0.15) is 20.7 Å². The maximum absolute atomic E-state index is 13.0. The normalized spacial score (nSPS) is 10.8. The first-order valence-electron chi connectivity index (χ1n) is 9.40. The van der Waals surface area contributed by atoms with Crippen molar-refractivity contribution in [1.29, 1.82) is 0 Å². The van der Waals surface area contributed by atoms with E-state index in [1.54, 1.807) is 24.3 Å². The highest BCUT2D eigenvalue weighted by Gasteiger charge is 2.24. The Morgan fingerprint density at radius 3 is 1.94 bits per heavy atom. The minimum absolute atomic E-state index is 0.00453. The molecule has 0 aliphatic carbocycles. The van der Waals surface area contributed by atoms with Gasteiger partial charge in [0, 0.05) is 7.05 Å². The molecule has 9 heteroatoms. The van der Waals surface area contributed by atoms with Crippen LogP contribution in [0.4, 0.5) is 5.69 Å². The molecule has 0 saturated carbocycles. The first-order chi connectivity index (χ1) is 15.3. The fourth-order valence-electron chi connectivity index (χ4n) is 2.88.